The number of carboxylic acid groups (broad SMARTS) is 1. The molecular formula is C15H11N3O4. The molecule has 1 aliphatic rings. The van der Waals surface area contributed by atoms with Gasteiger partial charge in [-0.05, 0) is 17.7 Å². The van der Waals surface area contributed by atoms with Gasteiger partial charge in [0.1, 0.15) is 5.52 Å². The predicted octanol–water partition coefficient (Wildman–Crippen LogP) is 1.91. The zero-order chi connectivity index (χ0) is 15.1. The summed E-state index contributed by atoms with van der Waals surface area (Å²) in [5, 5.41) is 17.2. The summed E-state index contributed by atoms with van der Waals surface area (Å²) in [6.07, 6.45) is 0. The molecule has 1 aromatic heterocycles. The van der Waals surface area contributed by atoms with Crippen molar-refractivity contribution in [2.75, 3.05) is 6.79 Å². The van der Waals surface area contributed by atoms with E-state index in [9.17, 15) is 4.79 Å². The molecule has 2 heterocycles. The minimum absolute atomic E-state index is 0.214. The Balaban J connectivity index is 1.68. The van der Waals surface area contributed by atoms with Crippen molar-refractivity contribution in [3.8, 4) is 11.5 Å². The third-order valence-corrected chi connectivity index (χ3v) is 3.54. The van der Waals surface area contributed by atoms with Crippen molar-refractivity contribution in [3.05, 3.63) is 47.5 Å². The maximum atomic E-state index is 10.9. The molecule has 0 saturated carbocycles. The summed E-state index contributed by atoms with van der Waals surface area (Å²) in [4.78, 5) is 10.9. The summed E-state index contributed by atoms with van der Waals surface area (Å²) >= 11 is 0. The lowest BCUT2D eigenvalue weighted by molar-refractivity contribution is 0.0697. The molecule has 0 fully saturated rings. The van der Waals surface area contributed by atoms with Crippen LogP contribution in [0.3, 0.4) is 0 Å². The van der Waals surface area contributed by atoms with Crippen LogP contribution < -0.4 is 9.47 Å². The van der Waals surface area contributed by atoms with Gasteiger partial charge in [0.25, 0.3) is 0 Å². The molecule has 4 rings (SSSR count). The Bertz CT molecular complexity index is 870. The highest BCUT2D eigenvalue weighted by atomic mass is 16.7. The second kappa shape index (κ2) is 4.73. The molecule has 110 valence electrons. The quantitative estimate of drug-likeness (QED) is 0.794. The minimum Gasteiger partial charge on any atom is -0.478 e. The van der Waals surface area contributed by atoms with Crippen molar-refractivity contribution in [3.63, 3.8) is 0 Å². The van der Waals surface area contributed by atoms with Gasteiger partial charge in [-0.2, -0.15) is 0 Å². The Hall–Kier alpha value is -3.09. The molecule has 7 heteroatoms. The van der Waals surface area contributed by atoms with Gasteiger partial charge in [0.2, 0.25) is 6.79 Å². The Morgan fingerprint density at radius 2 is 1.91 bits per heavy atom. The first-order chi connectivity index (χ1) is 10.7. The van der Waals surface area contributed by atoms with E-state index in [0.717, 1.165) is 16.6 Å². The summed E-state index contributed by atoms with van der Waals surface area (Å²) in [5.41, 5.74) is 2.77. The third-order valence-electron chi connectivity index (χ3n) is 3.54. The molecule has 0 bridgehead atoms. The van der Waals surface area contributed by atoms with Crippen molar-refractivity contribution >= 4 is 17.0 Å². The number of carboxylic acids is 1. The maximum Gasteiger partial charge on any atom is 0.335 e. The average molecular weight is 297 g/mol. The lowest BCUT2D eigenvalue weighted by atomic mass is 10.1. The van der Waals surface area contributed by atoms with Crippen molar-refractivity contribution in [2.24, 2.45) is 0 Å². The van der Waals surface area contributed by atoms with Gasteiger partial charge < -0.3 is 14.6 Å². The van der Waals surface area contributed by atoms with Crippen LogP contribution in [0.4, 0.5) is 0 Å². The van der Waals surface area contributed by atoms with Crippen LogP contribution in [-0.4, -0.2) is 32.9 Å². The molecule has 22 heavy (non-hydrogen) atoms. The summed E-state index contributed by atoms with van der Waals surface area (Å²) in [7, 11) is 0. The van der Waals surface area contributed by atoms with Crippen LogP contribution in [0.5, 0.6) is 11.5 Å². The van der Waals surface area contributed by atoms with E-state index in [4.69, 9.17) is 14.6 Å². The number of fused-ring (bicyclic) bond motifs is 2. The molecule has 0 unspecified atom stereocenters. The van der Waals surface area contributed by atoms with E-state index in [-0.39, 0.29) is 12.4 Å². The van der Waals surface area contributed by atoms with Gasteiger partial charge in [-0.3, -0.25) is 0 Å². The van der Waals surface area contributed by atoms with Crippen LogP contribution in [-0.2, 0) is 6.54 Å². The number of nitrogens with zero attached hydrogens (tertiary/aromatic N) is 3. The monoisotopic (exact) mass is 297 g/mol. The number of aromatic carboxylic acids is 1. The fourth-order valence-corrected chi connectivity index (χ4v) is 2.40. The van der Waals surface area contributed by atoms with Gasteiger partial charge in [-0.1, -0.05) is 17.3 Å². The van der Waals surface area contributed by atoms with Crippen LogP contribution >= 0.6 is 0 Å². The molecule has 1 N–H and O–H groups in total. The standard InChI is InChI=1S/C15H11N3O4/c19-15(20)10-3-1-9(2-4-10)7-18-12-6-14-13(21-8-22-14)5-11(12)16-17-18/h1-6H,7-8H2,(H,19,20). The highest BCUT2D eigenvalue weighted by Gasteiger charge is 2.17. The van der Waals surface area contributed by atoms with Gasteiger partial charge in [0, 0.05) is 12.1 Å². The van der Waals surface area contributed by atoms with Gasteiger partial charge in [-0.25, -0.2) is 9.48 Å². The number of hydrogen-bond acceptors (Lipinski definition) is 5. The Morgan fingerprint density at radius 1 is 1.18 bits per heavy atom. The topological polar surface area (TPSA) is 86.5 Å². The lowest BCUT2D eigenvalue weighted by Crippen LogP contribution is -2.03. The zero-order valence-corrected chi connectivity index (χ0v) is 11.4. The van der Waals surface area contributed by atoms with Gasteiger partial charge in [-0.15, -0.1) is 5.10 Å². The molecule has 0 amide bonds. The third kappa shape index (κ3) is 2.03. The SMILES string of the molecule is O=C(O)c1ccc(Cn2nnc3cc4c(cc32)OCO4)cc1. The van der Waals surface area contributed by atoms with Crippen molar-refractivity contribution in [2.45, 2.75) is 6.54 Å². The average Bonchev–Trinajstić information content (AvgIpc) is 3.12. The molecular weight excluding hydrogens is 286 g/mol. The smallest absolute Gasteiger partial charge is 0.335 e. The fourth-order valence-electron chi connectivity index (χ4n) is 2.40. The molecule has 0 aliphatic carbocycles. The van der Waals surface area contributed by atoms with Gasteiger partial charge >= 0.3 is 5.97 Å². The fraction of sp³-hybridized carbons (Fsp3) is 0.133. The molecule has 0 spiro atoms. The second-order valence-corrected chi connectivity index (χ2v) is 4.94. The van der Waals surface area contributed by atoms with Crippen molar-refractivity contribution < 1.29 is 19.4 Å². The molecule has 2 aromatic carbocycles. The van der Waals surface area contributed by atoms with Gasteiger partial charge in [0.05, 0.1) is 17.6 Å². The molecule has 0 atom stereocenters. The van der Waals surface area contributed by atoms with E-state index in [0.29, 0.717) is 18.0 Å². The highest BCUT2D eigenvalue weighted by molar-refractivity contribution is 5.87. The minimum atomic E-state index is -0.939. The first-order valence-electron chi connectivity index (χ1n) is 6.66. The summed E-state index contributed by atoms with van der Waals surface area (Å²) in [6, 6.07) is 10.3. The first-order valence-corrected chi connectivity index (χ1v) is 6.66. The van der Waals surface area contributed by atoms with E-state index in [1.807, 2.05) is 6.07 Å². The number of ether oxygens (including phenoxy) is 2. The Morgan fingerprint density at radius 3 is 2.64 bits per heavy atom. The molecule has 0 saturated heterocycles. The van der Waals surface area contributed by atoms with E-state index in [1.54, 1.807) is 35.0 Å². The van der Waals surface area contributed by atoms with Crippen molar-refractivity contribution in [1.29, 1.82) is 0 Å². The highest BCUT2D eigenvalue weighted by Crippen LogP contribution is 2.35. The second-order valence-electron chi connectivity index (χ2n) is 4.94. The predicted molar refractivity (Wildman–Crippen MR) is 76.2 cm³/mol. The van der Waals surface area contributed by atoms with Crippen molar-refractivity contribution in [1.82, 2.24) is 15.0 Å². The van der Waals surface area contributed by atoms with E-state index >= 15 is 0 Å². The van der Waals surface area contributed by atoms with E-state index in [1.165, 1.54) is 0 Å². The Kier molecular flexibility index (Phi) is 2.72. The summed E-state index contributed by atoms with van der Waals surface area (Å²) in [6.45, 7) is 0.710. The lowest BCUT2D eigenvalue weighted by Gasteiger charge is -2.04. The van der Waals surface area contributed by atoms with Crippen LogP contribution in [0.15, 0.2) is 36.4 Å². The number of rotatable bonds is 3. The largest absolute Gasteiger partial charge is 0.478 e. The van der Waals surface area contributed by atoms with E-state index < -0.39 is 5.97 Å². The summed E-state index contributed by atoms with van der Waals surface area (Å²) < 4.78 is 12.4. The number of hydrogen-bond donors (Lipinski definition) is 1. The Labute approximate surface area is 124 Å². The summed E-state index contributed by atoms with van der Waals surface area (Å²) in [5.74, 6) is 0.410. The maximum absolute atomic E-state index is 10.9. The number of benzene rings is 2. The van der Waals surface area contributed by atoms with Crippen LogP contribution in [0.25, 0.3) is 11.0 Å². The normalized spacial score (nSPS) is 12.7. The molecule has 0 radical (unpaired) electrons. The first kappa shape index (κ1) is 12.6. The molecule has 7 nitrogen and oxygen atoms in total. The number of aromatic nitrogens is 3. The molecule has 1 aliphatic heterocycles. The number of carbonyl (C=O) groups is 1. The van der Waals surface area contributed by atoms with Crippen LogP contribution in [0.2, 0.25) is 0 Å². The van der Waals surface area contributed by atoms with E-state index in [2.05, 4.69) is 10.3 Å². The van der Waals surface area contributed by atoms with Crippen LogP contribution in [0, 0.1) is 0 Å². The molecule has 3 aromatic rings. The van der Waals surface area contributed by atoms with Crippen LogP contribution in [0.1, 0.15) is 15.9 Å². The van der Waals surface area contributed by atoms with Gasteiger partial charge in [0.15, 0.2) is 11.5 Å². The zero-order valence-electron chi connectivity index (χ0n) is 11.4.